The lowest BCUT2D eigenvalue weighted by Gasteiger charge is -2.32. The summed E-state index contributed by atoms with van der Waals surface area (Å²) < 4.78 is 15.5. The van der Waals surface area contributed by atoms with Crippen molar-refractivity contribution >= 4 is 63.8 Å². The van der Waals surface area contributed by atoms with E-state index in [0.717, 1.165) is 22.6 Å². The zero-order chi connectivity index (χ0) is 26.4. The fourth-order valence-electron chi connectivity index (χ4n) is 4.70. The number of nitrogens with zero attached hydrogens (tertiary/aromatic N) is 3. The summed E-state index contributed by atoms with van der Waals surface area (Å²) in [6.07, 6.45) is 3.09. The number of carboxylic acids is 1. The Labute approximate surface area is 231 Å². The molecule has 0 atom stereocenters. The van der Waals surface area contributed by atoms with Crippen LogP contribution in [0.2, 0.25) is 20.1 Å². The van der Waals surface area contributed by atoms with Crippen LogP contribution >= 0.6 is 46.4 Å². The Bertz CT molecular complexity index is 1550. The van der Waals surface area contributed by atoms with Gasteiger partial charge in [0.05, 0.1) is 42.4 Å². The minimum absolute atomic E-state index is 0.0277. The Hall–Kier alpha value is -2.84. The minimum atomic E-state index is -1.43. The smallest absolute Gasteiger partial charge is 0.338 e. The second kappa shape index (κ2) is 10.1. The number of benzene rings is 2. The second-order valence-electron chi connectivity index (χ2n) is 8.66. The summed E-state index contributed by atoms with van der Waals surface area (Å²) in [6, 6.07) is 12.0. The highest BCUT2D eigenvalue weighted by molar-refractivity contribution is 6.54. The predicted octanol–water partition coefficient (Wildman–Crippen LogP) is 7.47. The molecule has 6 nitrogen and oxygen atoms in total. The summed E-state index contributed by atoms with van der Waals surface area (Å²) in [4.78, 5) is 31.7. The highest BCUT2D eigenvalue weighted by Gasteiger charge is 2.34. The van der Waals surface area contributed by atoms with Crippen molar-refractivity contribution in [3.05, 3.63) is 91.5 Å². The molecule has 0 radical (unpaired) electrons. The first-order valence-corrected chi connectivity index (χ1v) is 12.8. The number of imidazole rings is 1. The van der Waals surface area contributed by atoms with Gasteiger partial charge in [0.1, 0.15) is 11.6 Å². The summed E-state index contributed by atoms with van der Waals surface area (Å²) in [5.41, 5.74) is 1.69. The molecule has 4 aromatic rings. The maximum atomic E-state index is 13.5. The Morgan fingerprint density at radius 2 is 1.51 bits per heavy atom. The number of carboxylic acid groups (broad SMARTS) is 1. The molecular formula is C26H18Cl4FN3O3. The molecule has 1 N–H and O–H groups in total. The molecule has 5 rings (SSSR count). The van der Waals surface area contributed by atoms with Crippen molar-refractivity contribution in [2.75, 3.05) is 13.1 Å². The van der Waals surface area contributed by atoms with E-state index in [1.165, 1.54) is 17.0 Å². The quantitative estimate of drug-likeness (QED) is 0.201. The fraction of sp³-hybridized carbons (Fsp3) is 0.192. The van der Waals surface area contributed by atoms with Gasteiger partial charge in [-0.15, -0.1) is 0 Å². The summed E-state index contributed by atoms with van der Waals surface area (Å²) >= 11 is 24.5. The van der Waals surface area contributed by atoms with Crippen LogP contribution in [0.25, 0.3) is 16.8 Å². The average Bonchev–Trinajstić information content (AvgIpc) is 3.29. The molecule has 37 heavy (non-hydrogen) atoms. The lowest BCUT2D eigenvalue weighted by atomic mass is 9.95. The molecule has 2 aromatic heterocycles. The van der Waals surface area contributed by atoms with Crippen molar-refractivity contribution in [1.29, 1.82) is 0 Å². The number of hydrogen-bond donors (Lipinski definition) is 1. The van der Waals surface area contributed by atoms with Crippen LogP contribution in [0.5, 0.6) is 0 Å². The van der Waals surface area contributed by atoms with Crippen LogP contribution in [-0.4, -0.2) is 44.4 Å². The lowest BCUT2D eigenvalue weighted by molar-refractivity contribution is 0.0661. The van der Waals surface area contributed by atoms with E-state index in [1.807, 2.05) is 28.8 Å². The first-order chi connectivity index (χ1) is 17.7. The SMILES string of the molecule is O=C(O)c1c(Cl)c(Cl)c(Cl)c(Cl)c1C(=O)N1CCC(c2nc(-c3ccc(F)cc3)c3ccccn23)CC1. The third-order valence-corrected chi connectivity index (χ3v) is 8.34. The number of rotatable bonds is 4. The molecule has 0 unspecified atom stereocenters. The number of amides is 1. The largest absolute Gasteiger partial charge is 0.478 e. The van der Waals surface area contributed by atoms with Crippen molar-refractivity contribution in [3.8, 4) is 11.3 Å². The fourth-order valence-corrected chi connectivity index (χ4v) is 5.72. The molecule has 0 spiro atoms. The zero-order valence-electron chi connectivity index (χ0n) is 19.0. The molecule has 0 bridgehead atoms. The van der Waals surface area contributed by atoms with Gasteiger partial charge in [-0.05, 0) is 49.2 Å². The van der Waals surface area contributed by atoms with E-state index in [-0.39, 0.29) is 37.4 Å². The summed E-state index contributed by atoms with van der Waals surface area (Å²) in [6.45, 7) is 0.675. The van der Waals surface area contributed by atoms with E-state index in [2.05, 4.69) is 0 Å². The van der Waals surface area contributed by atoms with Crippen LogP contribution in [0.4, 0.5) is 4.39 Å². The number of piperidine rings is 1. The van der Waals surface area contributed by atoms with Gasteiger partial charge < -0.3 is 14.4 Å². The van der Waals surface area contributed by atoms with Crippen molar-refractivity contribution in [2.45, 2.75) is 18.8 Å². The van der Waals surface area contributed by atoms with Crippen LogP contribution in [0, 0.1) is 5.82 Å². The molecule has 1 saturated heterocycles. The Morgan fingerprint density at radius 1 is 0.892 bits per heavy atom. The standard InChI is InChI=1S/C26H18Cl4FN3O3/c27-19-17(18(26(36)37)20(28)22(30)21(19)29)25(35)33-11-8-14(9-12-33)24-32-23(13-4-6-15(31)7-5-13)16-3-1-2-10-34(16)24/h1-7,10,14H,8-9,11-12H2,(H,36,37). The first kappa shape index (κ1) is 25.8. The third-order valence-electron chi connectivity index (χ3n) is 6.54. The molecule has 1 aliphatic heterocycles. The van der Waals surface area contributed by atoms with E-state index in [0.29, 0.717) is 25.9 Å². The monoisotopic (exact) mass is 579 g/mol. The van der Waals surface area contributed by atoms with E-state index < -0.39 is 17.4 Å². The number of hydrogen-bond acceptors (Lipinski definition) is 3. The van der Waals surface area contributed by atoms with Gasteiger partial charge in [-0.25, -0.2) is 14.2 Å². The van der Waals surface area contributed by atoms with Gasteiger partial charge in [-0.3, -0.25) is 4.79 Å². The number of aromatic carboxylic acids is 1. The molecular weight excluding hydrogens is 563 g/mol. The molecule has 1 aliphatic rings. The van der Waals surface area contributed by atoms with Crippen LogP contribution in [0.15, 0.2) is 48.7 Å². The number of likely N-dealkylation sites (tertiary alicyclic amines) is 1. The molecule has 11 heteroatoms. The average molecular weight is 581 g/mol. The Balaban J connectivity index is 1.44. The minimum Gasteiger partial charge on any atom is -0.478 e. The predicted molar refractivity (Wildman–Crippen MR) is 142 cm³/mol. The van der Waals surface area contributed by atoms with Gasteiger partial charge in [0.15, 0.2) is 0 Å². The number of fused-ring (bicyclic) bond motifs is 1. The Kier molecular flexibility index (Phi) is 7.07. The molecule has 190 valence electrons. The molecule has 3 heterocycles. The number of halogens is 5. The van der Waals surface area contributed by atoms with Crippen LogP contribution < -0.4 is 0 Å². The number of pyridine rings is 1. The number of aromatic nitrogens is 2. The van der Waals surface area contributed by atoms with Crippen molar-refractivity contribution < 1.29 is 19.1 Å². The van der Waals surface area contributed by atoms with E-state index >= 15 is 0 Å². The lowest BCUT2D eigenvalue weighted by Crippen LogP contribution is -2.39. The highest BCUT2D eigenvalue weighted by Crippen LogP contribution is 2.42. The maximum absolute atomic E-state index is 13.5. The molecule has 0 saturated carbocycles. The Morgan fingerprint density at radius 3 is 2.14 bits per heavy atom. The van der Waals surface area contributed by atoms with Gasteiger partial charge in [-0.2, -0.15) is 0 Å². The number of carbonyl (C=O) groups excluding carboxylic acids is 1. The van der Waals surface area contributed by atoms with Gasteiger partial charge in [0.25, 0.3) is 5.91 Å². The normalized spacial score (nSPS) is 14.4. The molecule has 2 aromatic carbocycles. The summed E-state index contributed by atoms with van der Waals surface area (Å²) in [7, 11) is 0. The van der Waals surface area contributed by atoms with E-state index in [1.54, 1.807) is 12.1 Å². The van der Waals surface area contributed by atoms with Crippen molar-refractivity contribution in [2.24, 2.45) is 0 Å². The highest BCUT2D eigenvalue weighted by atomic mass is 35.5. The van der Waals surface area contributed by atoms with Crippen LogP contribution in [0.1, 0.15) is 45.3 Å². The first-order valence-electron chi connectivity index (χ1n) is 11.3. The van der Waals surface area contributed by atoms with Gasteiger partial charge in [0.2, 0.25) is 0 Å². The topological polar surface area (TPSA) is 74.9 Å². The number of carbonyl (C=O) groups is 2. The van der Waals surface area contributed by atoms with Crippen LogP contribution in [-0.2, 0) is 0 Å². The van der Waals surface area contributed by atoms with Gasteiger partial charge in [-0.1, -0.05) is 52.5 Å². The van der Waals surface area contributed by atoms with Crippen LogP contribution in [0.3, 0.4) is 0 Å². The van der Waals surface area contributed by atoms with E-state index in [9.17, 15) is 19.1 Å². The molecule has 0 aliphatic carbocycles. The summed E-state index contributed by atoms with van der Waals surface area (Å²) in [5.74, 6) is -1.47. The second-order valence-corrected chi connectivity index (χ2v) is 10.2. The zero-order valence-corrected chi connectivity index (χ0v) is 22.0. The molecule has 1 amide bonds. The van der Waals surface area contributed by atoms with Crippen molar-refractivity contribution in [3.63, 3.8) is 0 Å². The maximum Gasteiger partial charge on any atom is 0.338 e. The van der Waals surface area contributed by atoms with Crippen molar-refractivity contribution in [1.82, 2.24) is 14.3 Å². The summed E-state index contributed by atoms with van der Waals surface area (Å²) in [5, 5.41) is 8.72. The molecule has 1 fully saturated rings. The van der Waals surface area contributed by atoms with E-state index in [4.69, 9.17) is 51.4 Å². The van der Waals surface area contributed by atoms with Gasteiger partial charge in [0, 0.05) is 30.8 Å². The third kappa shape index (κ3) is 4.55. The van der Waals surface area contributed by atoms with Gasteiger partial charge >= 0.3 is 5.97 Å².